The van der Waals surface area contributed by atoms with Crippen molar-refractivity contribution in [1.82, 2.24) is 10.2 Å². The lowest BCUT2D eigenvalue weighted by Crippen LogP contribution is -2.28. The molecule has 0 aliphatic heterocycles. The second kappa shape index (κ2) is 10.0. The van der Waals surface area contributed by atoms with Crippen LogP contribution < -0.4 is 10.1 Å². The van der Waals surface area contributed by atoms with Crippen LogP contribution in [0, 0.1) is 5.92 Å². The Bertz CT molecular complexity index is 406. The van der Waals surface area contributed by atoms with Gasteiger partial charge in [-0.3, -0.25) is 0 Å². The number of hydrogen-bond donors (Lipinski definition) is 1. The van der Waals surface area contributed by atoms with Crippen molar-refractivity contribution in [1.29, 1.82) is 0 Å². The number of likely N-dealkylation sites (N-methyl/N-ethyl adjacent to an activating group) is 1. The molecule has 0 radical (unpaired) electrons. The van der Waals surface area contributed by atoms with Crippen LogP contribution in [0.15, 0.2) is 18.2 Å². The van der Waals surface area contributed by atoms with E-state index in [4.69, 9.17) is 16.3 Å². The lowest BCUT2D eigenvalue weighted by molar-refractivity contribution is 0.221. The van der Waals surface area contributed by atoms with E-state index in [1.807, 2.05) is 12.1 Å². The largest absolute Gasteiger partial charge is 0.490 e. The van der Waals surface area contributed by atoms with Gasteiger partial charge < -0.3 is 15.0 Å². The number of hydrogen-bond acceptors (Lipinski definition) is 3. The highest BCUT2D eigenvalue weighted by Gasteiger charge is 2.09. The number of nitrogens with one attached hydrogen (secondary N) is 1. The smallest absolute Gasteiger partial charge is 0.142 e. The van der Waals surface area contributed by atoms with Gasteiger partial charge in [-0.1, -0.05) is 51.4 Å². The molecule has 0 fully saturated rings. The molecule has 0 spiro atoms. The summed E-state index contributed by atoms with van der Waals surface area (Å²) in [5.41, 5.74) is 1.13. The van der Waals surface area contributed by atoms with Crippen molar-refractivity contribution >= 4 is 11.6 Å². The van der Waals surface area contributed by atoms with E-state index in [1.165, 1.54) is 0 Å². The van der Waals surface area contributed by atoms with E-state index in [9.17, 15) is 0 Å². The first-order chi connectivity index (χ1) is 10.1. The van der Waals surface area contributed by atoms with Gasteiger partial charge in [0.25, 0.3) is 0 Å². The molecule has 0 bridgehead atoms. The molecule has 120 valence electrons. The van der Waals surface area contributed by atoms with Crippen LogP contribution >= 0.6 is 11.6 Å². The van der Waals surface area contributed by atoms with Gasteiger partial charge in [-0.2, -0.15) is 0 Å². The molecule has 0 unspecified atom stereocenters. The summed E-state index contributed by atoms with van der Waals surface area (Å²) in [4.78, 5) is 2.34. The third-order valence-corrected chi connectivity index (χ3v) is 3.76. The molecule has 1 aromatic carbocycles. The molecule has 0 saturated heterocycles. The van der Waals surface area contributed by atoms with Crippen molar-refractivity contribution in [3.05, 3.63) is 28.8 Å². The Kier molecular flexibility index (Phi) is 8.74. The van der Waals surface area contributed by atoms with Crippen LogP contribution in [0.5, 0.6) is 5.75 Å². The summed E-state index contributed by atoms with van der Waals surface area (Å²) in [5, 5.41) is 4.13. The quantitative estimate of drug-likeness (QED) is 0.711. The molecule has 0 aromatic heterocycles. The summed E-state index contributed by atoms with van der Waals surface area (Å²) in [5.74, 6) is 1.46. The number of halogens is 1. The lowest BCUT2D eigenvalue weighted by Gasteiger charge is -2.19. The maximum absolute atomic E-state index is 6.29. The first-order valence-electron chi connectivity index (χ1n) is 7.91. The molecule has 0 aliphatic carbocycles. The first kappa shape index (κ1) is 18.3. The van der Waals surface area contributed by atoms with E-state index in [2.05, 4.69) is 44.0 Å². The zero-order valence-electron chi connectivity index (χ0n) is 13.8. The summed E-state index contributed by atoms with van der Waals surface area (Å²) < 4.78 is 5.95. The van der Waals surface area contributed by atoms with E-state index in [1.54, 1.807) is 0 Å². The van der Waals surface area contributed by atoms with Crippen LogP contribution in [0.1, 0.15) is 33.3 Å². The Morgan fingerprint density at radius 3 is 2.57 bits per heavy atom. The lowest BCUT2D eigenvalue weighted by atomic mass is 10.2. The Morgan fingerprint density at radius 1 is 1.24 bits per heavy atom. The fraction of sp³-hybridized carbons (Fsp3) is 0.647. The highest BCUT2D eigenvalue weighted by molar-refractivity contribution is 6.32. The number of benzene rings is 1. The molecule has 0 saturated carbocycles. The molecule has 0 aliphatic rings. The van der Waals surface area contributed by atoms with Gasteiger partial charge >= 0.3 is 0 Å². The van der Waals surface area contributed by atoms with Gasteiger partial charge in [-0.25, -0.2) is 0 Å². The molecular weight excluding hydrogens is 284 g/mol. The molecule has 0 atom stereocenters. The molecule has 4 heteroatoms. The van der Waals surface area contributed by atoms with E-state index in [0.29, 0.717) is 17.5 Å². The van der Waals surface area contributed by atoms with Crippen molar-refractivity contribution in [3.8, 4) is 5.75 Å². The van der Waals surface area contributed by atoms with Crippen molar-refractivity contribution in [2.24, 2.45) is 5.92 Å². The highest BCUT2D eigenvalue weighted by Crippen LogP contribution is 2.28. The summed E-state index contributed by atoms with van der Waals surface area (Å²) in [6.45, 7) is 14.2. The van der Waals surface area contributed by atoms with E-state index in [0.717, 1.165) is 44.0 Å². The van der Waals surface area contributed by atoms with Crippen molar-refractivity contribution in [3.63, 3.8) is 0 Å². The first-order valence-corrected chi connectivity index (χ1v) is 8.29. The Hall–Kier alpha value is -0.770. The molecule has 21 heavy (non-hydrogen) atoms. The second-order valence-electron chi connectivity index (χ2n) is 5.63. The van der Waals surface area contributed by atoms with Crippen LogP contribution in [0.3, 0.4) is 0 Å². The van der Waals surface area contributed by atoms with Gasteiger partial charge in [0.2, 0.25) is 0 Å². The van der Waals surface area contributed by atoms with Gasteiger partial charge in [0.15, 0.2) is 0 Å². The van der Waals surface area contributed by atoms with Crippen molar-refractivity contribution in [2.75, 3.05) is 32.8 Å². The molecular formula is C17H29ClN2O. The van der Waals surface area contributed by atoms with E-state index < -0.39 is 0 Å². The number of rotatable bonds is 10. The minimum atomic E-state index is 0.635. The summed E-state index contributed by atoms with van der Waals surface area (Å²) in [7, 11) is 0. The van der Waals surface area contributed by atoms with Crippen LogP contribution in [-0.4, -0.2) is 37.7 Å². The van der Waals surface area contributed by atoms with Crippen molar-refractivity contribution < 1.29 is 4.74 Å². The SMILES string of the molecule is CCN(CC)CCOc1c(Cl)cccc1CNCC(C)C. The summed E-state index contributed by atoms with van der Waals surface area (Å²) in [6, 6.07) is 5.94. The third-order valence-electron chi connectivity index (χ3n) is 3.46. The topological polar surface area (TPSA) is 24.5 Å². The fourth-order valence-electron chi connectivity index (χ4n) is 2.17. The Morgan fingerprint density at radius 2 is 1.95 bits per heavy atom. The highest BCUT2D eigenvalue weighted by atomic mass is 35.5. The number of para-hydroxylation sites is 1. The van der Waals surface area contributed by atoms with Crippen LogP contribution in [0.2, 0.25) is 5.02 Å². The number of nitrogens with zero attached hydrogens (tertiary/aromatic N) is 1. The predicted octanol–water partition coefficient (Wildman–Crippen LogP) is 3.81. The molecule has 1 aromatic rings. The summed E-state index contributed by atoms with van der Waals surface area (Å²) in [6.07, 6.45) is 0. The molecule has 0 heterocycles. The monoisotopic (exact) mass is 312 g/mol. The minimum absolute atomic E-state index is 0.635. The Labute approximate surface area is 134 Å². The maximum Gasteiger partial charge on any atom is 0.142 e. The van der Waals surface area contributed by atoms with Gasteiger partial charge in [-0.15, -0.1) is 0 Å². The van der Waals surface area contributed by atoms with Crippen molar-refractivity contribution in [2.45, 2.75) is 34.2 Å². The Balaban J connectivity index is 2.58. The van der Waals surface area contributed by atoms with E-state index >= 15 is 0 Å². The normalized spacial score (nSPS) is 11.4. The second-order valence-corrected chi connectivity index (χ2v) is 6.04. The minimum Gasteiger partial charge on any atom is -0.490 e. The zero-order valence-corrected chi connectivity index (χ0v) is 14.5. The van der Waals surface area contributed by atoms with Crippen LogP contribution in [-0.2, 0) is 6.54 Å². The maximum atomic E-state index is 6.29. The van der Waals surface area contributed by atoms with Gasteiger partial charge in [0.05, 0.1) is 5.02 Å². The van der Waals surface area contributed by atoms with E-state index in [-0.39, 0.29) is 0 Å². The molecule has 1 N–H and O–H groups in total. The zero-order chi connectivity index (χ0) is 15.7. The van der Waals surface area contributed by atoms with Gasteiger partial charge in [-0.05, 0) is 31.6 Å². The molecule has 0 amide bonds. The fourth-order valence-corrected chi connectivity index (χ4v) is 2.42. The standard InChI is InChI=1S/C17H29ClN2O/c1-5-20(6-2)10-11-21-17-15(8-7-9-16(17)18)13-19-12-14(3)4/h7-9,14,19H,5-6,10-13H2,1-4H3. The summed E-state index contributed by atoms with van der Waals surface area (Å²) >= 11 is 6.29. The van der Waals surface area contributed by atoms with Gasteiger partial charge in [0.1, 0.15) is 12.4 Å². The van der Waals surface area contributed by atoms with Crippen LogP contribution in [0.25, 0.3) is 0 Å². The number of ether oxygens (including phenoxy) is 1. The predicted molar refractivity (Wildman–Crippen MR) is 91.3 cm³/mol. The average Bonchev–Trinajstić information content (AvgIpc) is 2.45. The third kappa shape index (κ3) is 6.68. The van der Waals surface area contributed by atoms with Gasteiger partial charge in [0, 0.05) is 18.7 Å². The average molecular weight is 313 g/mol. The molecule has 3 nitrogen and oxygen atoms in total. The van der Waals surface area contributed by atoms with Crippen LogP contribution in [0.4, 0.5) is 0 Å². The molecule has 1 rings (SSSR count).